The molecule has 0 fully saturated rings. The van der Waals surface area contributed by atoms with Gasteiger partial charge in [0.1, 0.15) is 0 Å². The number of hydrogen-bond acceptors (Lipinski definition) is 4. The van der Waals surface area contributed by atoms with E-state index in [0.717, 1.165) is 17.0 Å². The third kappa shape index (κ3) is 3.74. The summed E-state index contributed by atoms with van der Waals surface area (Å²) in [6.45, 7) is 0.936. The number of allylic oxidation sites excluding steroid dienone is 2. The van der Waals surface area contributed by atoms with Crippen molar-refractivity contribution >= 4 is 11.5 Å². The first-order valence-corrected chi connectivity index (χ1v) is 6.86. The van der Waals surface area contributed by atoms with Gasteiger partial charge in [-0.1, -0.05) is 24.3 Å². The lowest BCUT2D eigenvalue weighted by molar-refractivity contribution is -0.0754. The number of aliphatic hydroxyl groups excluding tert-OH is 1. The van der Waals surface area contributed by atoms with Gasteiger partial charge in [0.05, 0.1) is 7.11 Å². The number of hydroxylamine groups is 2. The van der Waals surface area contributed by atoms with E-state index in [9.17, 15) is 5.11 Å². The van der Waals surface area contributed by atoms with Gasteiger partial charge < -0.3 is 10.0 Å². The van der Waals surface area contributed by atoms with Crippen LogP contribution in [0.5, 0.6) is 0 Å². The highest BCUT2D eigenvalue weighted by molar-refractivity contribution is 5.73. The van der Waals surface area contributed by atoms with Crippen LogP contribution < -0.4 is 10.4 Å². The highest BCUT2D eigenvalue weighted by atomic mass is 16.7. The van der Waals surface area contributed by atoms with E-state index in [1.54, 1.807) is 7.05 Å². The summed E-state index contributed by atoms with van der Waals surface area (Å²) in [6.07, 6.45) is 6.46. The summed E-state index contributed by atoms with van der Waals surface area (Å²) in [5.41, 5.74) is 2.49. The van der Waals surface area contributed by atoms with E-state index in [0.29, 0.717) is 0 Å². The number of rotatable bonds is 4. The molecule has 0 aliphatic heterocycles. The highest BCUT2D eigenvalue weighted by Gasteiger charge is 2.04. The molecule has 0 aromatic heterocycles. The van der Waals surface area contributed by atoms with Crippen LogP contribution in [0.1, 0.15) is 0 Å². The Labute approximate surface area is 125 Å². The van der Waals surface area contributed by atoms with E-state index in [1.165, 1.54) is 23.3 Å². The lowest BCUT2D eigenvalue weighted by Crippen LogP contribution is -2.23. The molecular weight excluding hydrogens is 264 g/mol. The smallest absolute Gasteiger partial charge is 0.218 e. The molecule has 4 heteroatoms. The van der Waals surface area contributed by atoms with Gasteiger partial charge >= 0.3 is 0 Å². The molecule has 0 bridgehead atoms. The molecule has 0 heterocycles. The summed E-state index contributed by atoms with van der Waals surface area (Å²) in [5, 5.41) is 13.2. The van der Waals surface area contributed by atoms with E-state index in [2.05, 4.69) is 37.2 Å². The molecule has 0 unspecified atom stereocenters. The Kier molecular flexibility index (Phi) is 4.83. The van der Waals surface area contributed by atoms with Crippen molar-refractivity contribution in [1.29, 1.82) is 0 Å². The third-order valence-corrected chi connectivity index (χ3v) is 3.37. The maximum absolute atomic E-state index is 9.97. The maximum Gasteiger partial charge on any atom is 0.218 e. The molecule has 1 aliphatic carbocycles. The van der Waals surface area contributed by atoms with Gasteiger partial charge in [0.25, 0.3) is 0 Å². The molecule has 21 heavy (non-hydrogen) atoms. The predicted octanol–water partition coefficient (Wildman–Crippen LogP) is 1.01. The SMILES string of the molecule is CON(C)C(O)=c1ccc(=C2C=CC(CN(C)C)=C2)cc1. The Hall–Kier alpha value is -2.04. The summed E-state index contributed by atoms with van der Waals surface area (Å²) in [7, 11) is 7.30. The second-order valence-electron chi connectivity index (χ2n) is 5.33. The van der Waals surface area contributed by atoms with Crippen LogP contribution in [0.2, 0.25) is 0 Å². The zero-order chi connectivity index (χ0) is 15.4. The quantitative estimate of drug-likeness (QED) is 0.838. The molecule has 0 spiro atoms. The van der Waals surface area contributed by atoms with Crippen molar-refractivity contribution in [1.82, 2.24) is 9.96 Å². The first kappa shape index (κ1) is 15.4. The Morgan fingerprint density at radius 3 is 2.33 bits per heavy atom. The molecule has 4 nitrogen and oxygen atoms in total. The normalized spacial score (nSPS) is 13.8. The van der Waals surface area contributed by atoms with Gasteiger partial charge in [-0.3, -0.25) is 4.84 Å². The number of benzene rings is 1. The van der Waals surface area contributed by atoms with Crippen molar-refractivity contribution in [3.05, 3.63) is 58.5 Å². The van der Waals surface area contributed by atoms with E-state index in [4.69, 9.17) is 4.84 Å². The summed E-state index contributed by atoms with van der Waals surface area (Å²) >= 11 is 0. The lowest BCUT2D eigenvalue weighted by Gasteiger charge is -2.13. The lowest BCUT2D eigenvalue weighted by atomic mass is 10.1. The molecule has 0 atom stereocenters. The van der Waals surface area contributed by atoms with Crippen molar-refractivity contribution in [2.75, 3.05) is 34.8 Å². The van der Waals surface area contributed by atoms with Crippen molar-refractivity contribution in [3.63, 3.8) is 0 Å². The molecule has 2 rings (SSSR count). The molecule has 1 aromatic rings. The van der Waals surface area contributed by atoms with Crippen LogP contribution in [0.3, 0.4) is 0 Å². The third-order valence-electron chi connectivity index (χ3n) is 3.37. The molecule has 1 aromatic carbocycles. The van der Waals surface area contributed by atoms with E-state index in [1.807, 2.05) is 24.3 Å². The number of aliphatic hydroxyl groups is 1. The van der Waals surface area contributed by atoms with Gasteiger partial charge in [0, 0.05) is 18.8 Å². The monoisotopic (exact) mass is 286 g/mol. The van der Waals surface area contributed by atoms with Gasteiger partial charge in [0.15, 0.2) is 0 Å². The molecule has 0 radical (unpaired) electrons. The average Bonchev–Trinajstić information content (AvgIpc) is 2.93. The van der Waals surface area contributed by atoms with Crippen LogP contribution in [0.25, 0.3) is 11.5 Å². The summed E-state index contributed by atoms with van der Waals surface area (Å²) in [6, 6.07) is 7.78. The first-order chi connectivity index (χ1) is 10.0. The minimum Gasteiger partial charge on any atom is -0.493 e. The Bertz CT molecular complexity index is 664. The van der Waals surface area contributed by atoms with Crippen molar-refractivity contribution in [2.24, 2.45) is 0 Å². The van der Waals surface area contributed by atoms with E-state index in [-0.39, 0.29) is 5.88 Å². The van der Waals surface area contributed by atoms with Gasteiger partial charge in [-0.15, -0.1) is 0 Å². The Morgan fingerprint density at radius 2 is 1.76 bits per heavy atom. The molecule has 0 saturated heterocycles. The largest absolute Gasteiger partial charge is 0.493 e. The van der Waals surface area contributed by atoms with Crippen LogP contribution in [0.4, 0.5) is 0 Å². The molecule has 1 N–H and O–H groups in total. The minimum atomic E-state index is 0.0971. The zero-order valence-corrected chi connectivity index (χ0v) is 13.0. The zero-order valence-electron chi connectivity index (χ0n) is 13.0. The van der Waals surface area contributed by atoms with Crippen LogP contribution in [0, 0.1) is 0 Å². The van der Waals surface area contributed by atoms with Crippen LogP contribution >= 0.6 is 0 Å². The standard InChI is InChI=1S/C17H22N2O2/c1-18(2)12-13-5-6-16(11-13)14-7-9-15(10-8-14)17(20)19(3)21-4/h5-11,20H,12H2,1-4H3. The average molecular weight is 286 g/mol. The summed E-state index contributed by atoms with van der Waals surface area (Å²) in [5.74, 6) is 0.0971. The second kappa shape index (κ2) is 6.61. The second-order valence-corrected chi connectivity index (χ2v) is 5.33. The molecule has 112 valence electrons. The number of hydrogen-bond donors (Lipinski definition) is 1. The summed E-state index contributed by atoms with van der Waals surface area (Å²) in [4.78, 5) is 7.11. The first-order valence-electron chi connectivity index (χ1n) is 6.86. The Morgan fingerprint density at radius 1 is 1.10 bits per heavy atom. The van der Waals surface area contributed by atoms with Gasteiger partial charge in [-0.05, 0) is 48.7 Å². The molecular formula is C17H22N2O2. The molecule has 0 saturated carbocycles. The predicted molar refractivity (Wildman–Crippen MR) is 85.7 cm³/mol. The molecule has 0 amide bonds. The highest BCUT2D eigenvalue weighted by Crippen LogP contribution is 2.15. The number of nitrogens with zero attached hydrogens (tertiary/aromatic N) is 2. The fourth-order valence-corrected chi connectivity index (χ4v) is 2.22. The van der Waals surface area contributed by atoms with Gasteiger partial charge in [0.2, 0.25) is 5.88 Å². The fourth-order valence-electron chi connectivity index (χ4n) is 2.22. The van der Waals surface area contributed by atoms with Crippen LogP contribution in [-0.2, 0) is 4.84 Å². The fraction of sp³-hybridized carbons (Fsp3) is 0.294. The summed E-state index contributed by atoms with van der Waals surface area (Å²) < 4.78 is 0. The van der Waals surface area contributed by atoms with Gasteiger partial charge in [-0.25, -0.2) is 5.06 Å². The Balaban J connectivity index is 2.34. The minimum absolute atomic E-state index is 0.0971. The topological polar surface area (TPSA) is 35.9 Å². The van der Waals surface area contributed by atoms with Crippen LogP contribution in [0.15, 0.2) is 48.1 Å². The van der Waals surface area contributed by atoms with Gasteiger partial charge in [-0.2, -0.15) is 0 Å². The van der Waals surface area contributed by atoms with Crippen molar-refractivity contribution in [2.45, 2.75) is 0 Å². The molecule has 1 aliphatic rings. The van der Waals surface area contributed by atoms with E-state index < -0.39 is 0 Å². The maximum atomic E-state index is 9.97. The van der Waals surface area contributed by atoms with E-state index >= 15 is 0 Å². The number of likely N-dealkylation sites (N-methyl/N-ethyl adjacent to an activating group) is 1. The van der Waals surface area contributed by atoms with Crippen molar-refractivity contribution < 1.29 is 9.94 Å². The van der Waals surface area contributed by atoms with Crippen LogP contribution in [-0.4, -0.2) is 49.9 Å². The van der Waals surface area contributed by atoms with Crippen molar-refractivity contribution in [3.8, 4) is 0 Å².